The van der Waals surface area contributed by atoms with Crippen molar-refractivity contribution in [1.29, 1.82) is 0 Å². The zero-order valence-corrected chi connectivity index (χ0v) is 14.4. The van der Waals surface area contributed by atoms with Crippen molar-refractivity contribution >= 4 is 5.91 Å². The number of terminal acetylenes is 1. The summed E-state index contributed by atoms with van der Waals surface area (Å²) in [6.45, 7) is 5.01. The largest absolute Gasteiger partial charge is 0.497 e. The summed E-state index contributed by atoms with van der Waals surface area (Å²) in [7, 11) is 3.34. The topological polar surface area (TPSA) is 54.0 Å². The van der Waals surface area contributed by atoms with Crippen molar-refractivity contribution in [3.8, 4) is 23.8 Å². The predicted octanol–water partition coefficient (Wildman–Crippen LogP) is 0.571. The molecule has 0 radical (unpaired) electrons. The molecular formula is C18H25N3O3. The molecule has 1 aliphatic rings. The average molecular weight is 331 g/mol. The summed E-state index contributed by atoms with van der Waals surface area (Å²) in [6, 6.07) is 5.84. The highest BCUT2D eigenvalue weighted by molar-refractivity contribution is 5.78. The number of piperazine rings is 1. The SMILES string of the molecule is C#CCNC(=O)CN1CCN(Cc2cc(OC)ccc2OC)CC1. The lowest BCUT2D eigenvalue weighted by atomic mass is 10.1. The molecule has 0 spiro atoms. The Labute approximate surface area is 143 Å². The number of hydrogen-bond acceptors (Lipinski definition) is 5. The van der Waals surface area contributed by atoms with Gasteiger partial charge in [0.1, 0.15) is 11.5 Å². The Morgan fingerprint density at radius 2 is 1.92 bits per heavy atom. The van der Waals surface area contributed by atoms with Gasteiger partial charge in [-0.1, -0.05) is 5.92 Å². The first-order chi connectivity index (χ1) is 11.7. The molecule has 1 aromatic carbocycles. The van der Waals surface area contributed by atoms with E-state index in [0.717, 1.165) is 49.8 Å². The molecular weight excluding hydrogens is 306 g/mol. The molecule has 1 amide bonds. The van der Waals surface area contributed by atoms with Gasteiger partial charge in [-0.3, -0.25) is 14.6 Å². The van der Waals surface area contributed by atoms with Crippen molar-refractivity contribution in [3.05, 3.63) is 23.8 Å². The van der Waals surface area contributed by atoms with Gasteiger partial charge < -0.3 is 14.8 Å². The maximum absolute atomic E-state index is 11.7. The fraction of sp³-hybridized carbons (Fsp3) is 0.500. The molecule has 6 nitrogen and oxygen atoms in total. The molecule has 1 heterocycles. The second-order valence-corrected chi connectivity index (χ2v) is 5.71. The number of rotatable bonds is 7. The van der Waals surface area contributed by atoms with Crippen molar-refractivity contribution < 1.29 is 14.3 Å². The Hall–Kier alpha value is -2.23. The third kappa shape index (κ3) is 5.15. The van der Waals surface area contributed by atoms with Gasteiger partial charge in [-0.25, -0.2) is 0 Å². The van der Waals surface area contributed by atoms with E-state index in [1.165, 1.54) is 0 Å². The number of amides is 1. The molecule has 0 saturated carbocycles. The Kier molecular flexibility index (Phi) is 6.91. The van der Waals surface area contributed by atoms with Crippen LogP contribution in [0.5, 0.6) is 11.5 Å². The van der Waals surface area contributed by atoms with Crippen LogP contribution in [-0.4, -0.2) is 69.2 Å². The van der Waals surface area contributed by atoms with Crippen LogP contribution in [-0.2, 0) is 11.3 Å². The van der Waals surface area contributed by atoms with Crippen LogP contribution in [0.1, 0.15) is 5.56 Å². The Balaban J connectivity index is 1.85. The molecule has 1 N–H and O–H groups in total. The molecule has 2 rings (SSSR count). The molecule has 0 aliphatic carbocycles. The van der Waals surface area contributed by atoms with Crippen LogP contribution in [0.15, 0.2) is 18.2 Å². The number of carbonyl (C=O) groups excluding carboxylic acids is 1. The number of nitrogens with zero attached hydrogens (tertiary/aromatic N) is 2. The smallest absolute Gasteiger partial charge is 0.234 e. The van der Waals surface area contributed by atoms with Crippen molar-refractivity contribution in [2.24, 2.45) is 0 Å². The number of ether oxygens (including phenoxy) is 2. The minimum atomic E-state index is -0.0177. The molecule has 24 heavy (non-hydrogen) atoms. The number of carbonyl (C=O) groups is 1. The van der Waals surface area contributed by atoms with E-state index in [-0.39, 0.29) is 12.5 Å². The maximum Gasteiger partial charge on any atom is 0.234 e. The van der Waals surface area contributed by atoms with Crippen LogP contribution in [0.3, 0.4) is 0 Å². The second-order valence-electron chi connectivity index (χ2n) is 5.71. The first-order valence-electron chi connectivity index (χ1n) is 8.02. The van der Waals surface area contributed by atoms with E-state index in [9.17, 15) is 4.79 Å². The van der Waals surface area contributed by atoms with E-state index in [1.807, 2.05) is 18.2 Å². The minimum Gasteiger partial charge on any atom is -0.497 e. The lowest BCUT2D eigenvalue weighted by molar-refractivity contribution is -0.122. The molecule has 0 aromatic heterocycles. The molecule has 130 valence electrons. The van der Waals surface area contributed by atoms with Crippen LogP contribution in [0.4, 0.5) is 0 Å². The van der Waals surface area contributed by atoms with Crippen LogP contribution in [0.25, 0.3) is 0 Å². The summed E-state index contributed by atoms with van der Waals surface area (Å²) < 4.78 is 10.7. The molecule has 1 saturated heterocycles. The van der Waals surface area contributed by atoms with Gasteiger partial charge in [-0.2, -0.15) is 0 Å². The second kappa shape index (κ2) is 9.16. The summed E-state index contributed by atoms with van der Waals surface area (Å²) in [5.41, 5.74) is 1.11. The highest BCUT2D eigenvalue weighted by Gasteiger charge is 2.20. The van der Waals surface area contributed by atoms with Crippen LogP contribution in [0.2, 0.25) is 0 Å². The number of methoxy groups -OCH3 is 2. The van der Waals surface area contributed by atoms with E-state index < -0.39 is 0 Å². The fourth-order valence-corrected chi connectivity index (χ4v) is 2.76. The number of nitrogens with one attached hydrogen (secondary N) is 1. The van der Waals surface area contributed by atoms with E-state index in [0.29, 0.717) is 6.54 Å². The van der Waals surface area contributed by atoms with Crippen molar-refractivity contribution in [2.45, 2.75) is 6.54 Å². The van der Waals surface area contributed by atoms with Crippen LogP contribution >= 0.6 is 0 Å². The lowest BCUT2D eigenvalue weighted by Crippen LogP contribution is -2.49. The fourth-order valence-electron chi connectivity index (χ4n) is 2.76. The molecule has 0 atom stereocenters. The van der Waals surface area contributed by atoms with Gasteiger partial charge >= 0.3 is 0 Å². The lowest BCUT2D eigenvalue weighted by Gasteiger charge is -2.34. The molecule has 1 aliphatic heterocycles. The number of benzene rings is 1. The molecule has 6 heteroatoms. The van der Waals surface area contributed by atoms with Gasteiger partial charge in [0.25, 0.3) is 0 Å². The quantitative estimate of drug-likeness (QED) is 0.741. The van der Waals surface area contributed by atoms with E-state index in [4.69, 9.17) is 15.9 Å². The van der Waals surface area contributed by atoms with Gasteiger partial charge in [0.05, 0.1) is 27.3 Å². The maximum atomic E-state index is 11.7. The summed E-state index contributed by atoms with van der Waals surface area (Å²) in [5, 5.41) is 2.70. The summed E-state index contributed by atoms with van der Waals surface area (Å²) in [5.74, 6) is 4.09. The van der Waals surface area contributed by atoms with Gasteiger partial charge in [0.15, 0.2) is 0 Å². The van der Waals surface area contributed by atoms with Gasteiger partial charge in [0, 0.05) is 38.3 Å². The Morgan fingerprint density at radius 1 is 1.21 bits per heavy atom. The molecule has 0 unspecified atom stereocenters. The van der Waals surface area contributed by atoms with Crippen LogP contribution in [0, 0.1) is 12.3 Å². The predicted molar refractivity (Wildman–Crippen MR) is 93.1 cm³/mol. The normalized spacial score (nSPS) is 15.5. The van der Waals surface area contributed by atoms with Crippen molar-refractivity contribution in [3.63, 3.8) is 0 Å². The Morgan fingerprint density at radius 3 is 2.54 bits per heavy atom. The minimum absolute atomic E-state index is 0.0177. The molecule has 1 fully saturated rings. The van der Waals surface area contributed by atoms with Crippen molar-refractivity contribution in [1.82, 2.24) is 15.1 Å². The van der Waals surface area contributed by atoms with Crippen molar-refractivity contribution in [2.75, 3.05) is 53.5 Å². The third-order valence-corrected chi connectivity index (χ3v) is 4.10. The standard InChI is InChI=1S/C18H25N3O3/c1-4-7-19-18(22)14-21-10-8-20(9-11-21)13-15-12-16(23-2)5-6-17(15)24-3/h1,5-6,12H,7-11,13-14H2,2-3H3,(H,19,22). The van der Waals surface area contributed by atoms with E-state index in [1.54, 1.807) is 14.2 Å². The average Bonchev–Trinajstić information content (AvgIpc) is 2.61. The first kappa shape index (κ1) is 18.1. The summed E-state index contributed by atoms with van der Waals surface area (Å²) in [6.07, 6.45) is 5.14. The zero-order chi connectivity index (χ0) is 17.4. The third-order valence-electron chi connectivity index (χ3n) is 4.10. The van der Waals surface area contributed by atoms with Gasteiger partial charge in [0.2, 0.25) is 5.91 Å². The first-order valence-corrected chi connectivity index (χ1v) is 8.02. The van der Waals surface area contributed by atoms with Crippen LogP contribution < -0.4 is 14.8 Å². The number of hydrogen-bond donors (Lipinski definition) is 1. The Bertz CT molecular complexity index is 590. The van der Waals surface area contributed by atoms with E-state index >= 15 is 0 Å². The van der Waals surface area contributed by atoms with E-state index in [2.05, 4.69) is 21.0 Å². The summed E-state index contributed by atoms with van der Waals surface area (Å²) >= 11 is 0. The van der Waals surface area contributed by atoms with Gasteiger partial charge in [-0.05, 0) is 18.2 Å². The molecule has 0 bridgehead atoms. The highest BCUT2D eigenvalue weighted by Crippen LogP contribution is 2.25. The summed E-state index contributed by atoms with van der Waals surface area (Å²) in [4.78, 5) is 16.2. The van der Waals surface area contributed by atoms with Gasteiger partial charge in [-0.15, -0.1) is 6.42 Å². The molecule has 1 aromatic rings. The highest BCUT2D eigenvalue weighted by atomic mass is 16.5. The monoisotopic (exact) mass is 331 g/mol. The zero-order valence-electron chi connectivity index (χ0n) is 14.4.